The normalized spacial score (nSPS) is 27.6. The Morgan fingerprint density at radius 1 is 1.50 bits per heavy atom. The summed E-state index contributed by atoms with van der Waals surface area (Å²) in [5, 5.41) is 3.52. The highest BCUT2D eigenvalue weighted by Crippen LogP contribution is 2.19. The van der Waals surface area contributed by atoms with Gasteiger partial charge in [-0.2, -0.15) is 0 Å². The molecule has 0 aliphatic carbocycles. The van der Waals surface area contributed by atoms with E-state index in [-0.39, 0.29) is 0 Å². The molecule has 0 bridgehead atoms. The van der Waals surface area contributed by atoms with Gasteiger partial charge in [-0.05, 0) is 40.3 Å². The maximum Gasteiger partial charge on any atom is 0.0703 e. The first-order chi connectivity index (χ1) is 7.66. The lowest BCUT2D eigenvalue weighted by atomic mass is 10.1. The summed E-state index contributed by atoms with van der Waals surface area (Å²) in [7, 11) is 2.22. The van der Waals surface area contributed by atoms with Crippen LogP contribution in [0.1, 0.15) is 40.0 Å². The summed E-state index contributed by atoms with van der Waals surface area (Å²) in [5.74, 6) is 0. The standard InChI is InChI=1S/C13H28N2O/c1-5-6-8-14-10-11(2)15(4)13-7-9-16-12(13)3/h11-14H,5-10H2,1-4H3. The van der Waals surface area contributed by atoms with Gasteiger partial charge in [-0.3, -0.25) is 4.90 Å². The predicted octanol–water partition coefficient (Wildman–Crippen LogP) is 1.87. The molecule has 1 N–H and O–H groups in total. The van der Waals surface area contributed by atoms with Crippen LogP contribution in [0, 0.1) is 0 Å². The van der Waals surface area contributed by atoms with Gasteiger partial charge in [0.2, 0.25) is 0 Å². The average molecular weight is 228 g/mol. The first kappa shape index (κ1) is 13.9. The van der Waals surface area contributed by atoms with Crippen molar-refractivity contribution in [3.05, 3.63) is 0 Å². The van der Waals surface area contributed by atoms with Gasteiger partial charge in [0.25, 0.3) is 0 Å². The average Bonchev–Trinajstić information content (AvgIpc) is 2.69. The minimum absolute atomic E-state index is 0.392. The van der Waals surface area contributed by atoms with Gasteiger partial charge in [-0.25, -0.2) is 0 Å². The first-order valence-corrected chi connectivity index (χ1v) is 6.71. The van der Waals surface area contributed by atoms with E-state index in [9.17, 15) is 0 Å². The summed E-state index contributed by atoms with van der Waals surface area (Å²) in [6.45, 7) is 9.86. The highest BCUT2D eigenvalue weighted by Gasteiger charge is 2.29. The number of nitrogens with zero attached hydrogens (tertiary/aromatic N) is 1. The molecule has 0 amide bonds. The van der Waals surface area contributed by atoms with E-state index >= 15 is 0 Å². The Morgan fingerprint density at radius 3 is 2.81 bits per heavy atom. The maximum absolute atomic E-state index is 5.62. The summed E-state index contributed by atoms with van der Waals surface area (Å²) < 4.78 is 5.62. The van der Waals surface area contributed by atoms with Crippen LogP contribution in [0.2, 0.25) is 0 Å². The molecule has 0 aromatic rings. The second-order valence-corrected chi connectivity index (χ2v) is 5.00. The van der Waals surface area contributed by atoms with E-state index in [1.165, 1.54) is 19.3 Å². The van der Waals surface area contributed by atoms with Gasteiger partial charge in [0.15, 0.2) is 0 Å². The van der Waals surface area contributed by atoms with Crippen molar-refractivity contribution in [1.29, 1.82) is 0 Å². The summed E-state index contributed by atoms with van der Waals surface area (Å²) in [4.78, 5) is 2.47. The van der Waals surface area contributed by atoms with Crippen LogP contribution >= 0.6 is 0 Å². The number of nitrogens with one attached hydrogen (secondary N) is 1. The quantitative estimate of drug-likeness (QED) is 0.673. The zero-order valence-corrected chi connectivity index (χ0v) is 11.3. The molecular formula is C13H28N2O. The molecule has 3 nitrogen and oxygen atoms in total. The Bertz CT molecular complexity index is 187. The third-order valence-electron chi connectivity index (χ3n) is 3.70. The van der Waals surface area contributed by atoms with Gasteiger partial charge in [0, 0.05) is 25.2 Å². The van der Waals surface area contributed by atoms with Crippen LogP contribution in [-0.2, 0) is 4.74 Å². The molecule has 3 atom stereocenters. The van der Waals surface area contributed by atoms with Gasteiger partial charge < -0.3 is 10.1 Å². The molecule has 0 spiro atoms. The van der Waals surface area contributed by atoms with Crippen molar-refractivity contribution in [2.75, 3.05) is 26.7 Å². The van der Waals surface area contributed by atoms with Crippen molar-refractivity contribution in [3.8, 4) is 0 Å². The van der Waals surface area contributed by atoms with E-state index < -0.39 is 0 Å². The number of hydrogen-bond acceptors (Lipinski definition) is 3. The zero-order chi connectivity index (χ0) is 12.0. The van der Waals surface area contributed by atoms with E-state index in [4.69, 9.17) is 4.74 Å². The molecule has 1 heterocycles. The molecule has 96 valence electrons. The summed E-state index contributed by atoms with van der Waals surface area (Å²) >= 11 is 0. The highest BCUT2D eigenvalue weighted by atomic mass is 16.5. The molecule has 1 fully saturated rings. The number of hydrogen-bond donors (Lipinski definition) is 1. The summed E-state index contributed by atoms with van der Waals surface area (Å²) in [5.41, 5.74) is 0. The smallest absolute Gasteiger partial charge is 0.0703 e. The molecule has 0 aromatic carbocycles. The van der Waals surface area contributed by atoms with Crippen LogP contribution in [0.5, 0.6) is 0 Å². The fraction of sp³-hybridized carbons (Fsp3) is 1.00. The molecule has 1 aliphatic rings. The Labute approximate surface area is 101 Å². The molecule has 0 saturated carbocycles. The van der Waals surface area contributed by atoms with Crippen LogP contribution in [0.15, 0.2) is 0 Å². The van der Waals surface area contributed by atoms with Crippen molar-refractivity contribution >= 4 is 0 Å². The molecule has 16 heavy (non-hydrogen) atoms. The first-order valence-electron chi connectivity index (χ1n) is 6.71. The Kier molecular flexibility index (Phi) is 6.32. The molecule has 0 radical (unpaired) electrons. The van der Waals surface area contributed by atoms with E-state index in [1.54, 1.807) is 0 Å². The lowest BCUT2D eigenvalue weighted by molar-refractivity contribution is 0.0704. The molecular weight excluding hydrogens is 200 g/mol. The maximum atomic E-state index is 5.62. The van der Waals surface area contributed by atoms with E-state index in [0.29, 0.717) is 18.2 Å². The number of rotatable bonds is 7. The summed E-state index contributed by atoms with van der Waals surface area (Å²) in [6.07, 6.45) is 4.12. The van der Waals surface area contributed by atoms with E-state index in [1.807, 2.05) is 0 Å². The van der Waals surface area contributed by atoms with E-state index in [0.717, 1.165) is 19.7 Å². The molecule has 3 heteroatoms. The number of ether oxygens (including phenoxy) is 1. The van der Waals surface area contributed by atoms with Crippen molar-refractivity contribution in [1.82, 2.24) is 10.2 Å². The zero-order valence-electron chi connectivity index (χ0n) is 11.3. The van der Waals surface area contributed by atoms with Crippen LogP contribution in [0.25, 0.3) is 0 Å². The second kappa shape index (κ2) is 7.25. The minimum atomic E-state index is 0.392. The van der Waals surface area contributed by atoms with Crippen LogP contribution in [0.4, 0.5) is 0 Å². The molecule has 1 rings (SSSR count). The fourth-order valence-corrected chi connectivity index (χ4v) is 2.34. The SMILES string of the molecule is CCCCNCC(C)N(C)C1CCOC1C. The Hall–Kier alpha value is -0.120. The van der Waals surface area contributed by atoms with Gasteiger partial charge >= 0.3 is 0 Å². The van der Waals surface area contributed by atoms with E-state index in [2.05, 4.69) is 38.0 Å². The van der Waals surface area contributed by atoms with Gasteiger partial charge in [0.05, 0.1) is 6.10 Å². The lowest BCUT2D eigenvalue weighted by Gasteiger charge is -2.32. The molecule has 1 saturated heterocycles. The summed E-state index contributed by atoms with van der Waals surface area (Å²) in [6, 6.07) is 1.19. The number of unbranched alkanes of at least 4 members (excludes halogenated alkanes) is 1. The highest BCUT2D eigenvalue weighted by molar-refractivity contribution is 4.83. The predicted molar refractivity (Wildman–Crippen MR) is 68.8 cm³/mol. The lowest BCUT2D eigenvalue weighted by Crippen LogP contribution is -2.46. The van der Waals surface area contributed by atoms with Crippen molar-refractivity contribution in [3.63, 3.8) is 0 Å². The van der Waals surface area contributed by atoms with Gasteiger partial charge in [0.1, 0.15) is 0 Å². The fourth-order valence-electron chi connectivity index (χ4n) is 2.34. The monoisotopic (exact) mass is 228 g/mol. The van der Waals surface area contributed by atoms with Crippen molar-refractivity contribution < 1.29 is 4.74 Å². The van der Waals surface area contributed by atoms with Crippen LogP contribution in [-0.4, -0.2) is 49.8 Å². The van der Waals surface area contributed by atoms with Crippen LogP contribution < -0.4 is 5.32 Å². The number of likely N-dealkylation sites (N-methyl/N-ethyl adjacent to an activating group) is 1. The van der Waals surface area contributed by atoms with Crippen molar-refractivity contribution in [2.45, 2.75) is 58.2 Å². The Balaban J connectivity index is 2.21. The van der Waals surface area contributed by atoms with Crippen molar-refractivity contribution in [2.24, 2.45) is 0 Å². The van der Waals surface area contributed by atoms with Gasteiger partial charge in [-0.15, -0.1) is 0 Å². The topological polar surface area (TPSA) is 24.5 Å². The van der Waals surface area contributed by atoms with Crippen LogP contribution in [0.3, 0.4) is 0 Å². The third-order valence-corrected chi connectivity index (χ3v) is 3.70. The minimum Gasteiger partial charge on any atom is -0.377 e. The molecule has 0 aromatic heterocycles. The molecule has 1 aliphatic heterocycles. The molecule has 3 unspecified atom stereocenters. The second-order valence-electron chi connectivity index (χ2n) is 5.00. The Morgan fingerprint density at radius 2 is 2.25 bits per heavy atom. The van der Waals surface area contributed by atoms with Gasteiger partial charge in [-0.1, -0.05) is 13.3 Å². The largest absolute Gasteiger partial charge is 0.377 e. The third kappa shape index (κ3) is 4.04.